The summed E-state index contributed by atoms with van der Waals surface area (Å²) in [4.78, 5) is 0. The van der Waals surface area contributed by atoms with Crippen molar-refractivity contribution < 1.29 is 14.2 Å². The second-order valence-corrected chi connectivity index (χ2v) is 4.58. The molecule has 0 saturated carbocycles. The molecule has 0 heterocycles. The molecule has 102 valence electrons. The first-order chi connectivity index (χ1) is 7.95. The molecule has 17 heavy (non-hydrogen) atoms. The van der Waals surface area contributed by atoms with Gasteiger partial charge in [-0.2, -0.15) is 0 Å². The highest BCUT2D eigenvalue weighted by Crippen LogP contribution is 2.09. The average Bonchev–Trinajstić information content (AvgIpc) is 2.19. The molecule has 0 aromatic carbocycles. The molecule has 0 spiro atoms. The number of ether oxygens (including phenoxy) is 3. The van der Waals surface area contributed by atoms with Crippen LogP contribution in [0.2, 0.25) is 0 Å². The largest absolute Gasteiger partial charge is 0.474 e. The lowest BCUT2D eigenvalue weighted by Gasteiger charge is -2.23. The molecule has 0 aromatic rings. The van der Waals surface area contributed by atoms with Crippen LogP contribution in [-0.2, 0) is 14.2 Å². The van der Waals surface area contributed by atoms with Crippen LogP contribution in [0.3, 0.4) is 0 Å². The van der Waals surface area contributed by atoms with Crippen molar-refractivity contribution in [3.8, 4) is 0 Å². The highest BCUT2D eigenvalue weighted by atomic mass is 16.5. The molecule has 3 N–H and O–H groups in total. The Labute approximate surface area is 104 Å². The first-order valence-electron chi connectivity index (χ1n) is 5.93. The van der Waals surface area contributed by atoms with Gasteiger partial charge in [0.1, 0.15) is 5.60 Å². The summed E-state index contributed by atoms with van der Waals surface area (Å²) in [6, 6.07) is 0. The lowest BCUT2D eigenvalue weighted by Crippen LogP contribution is -2.27. The number of hydrogen-bond acceptors (Lipinski definition) is 5. The Morgan fingerprint density at radius 1 is 1.12 bits per heavy atom. The van der Waals surface area contributed by atoms with Crippen LogP contribution in [0, 0.1) is 0 Å². The van der Waals surface area contributed by atoms with Crippen LogP contribution in [0.1, 0.15) is 20.8 Å². The third-order valence-corrected chi connectivity index (χ3v) is 1.63. The molecule has 0 atom stereocenters. The van der Waals surface area contributed by atoms with Gasteiger partial charge in [-0.05, 0) is 27.4 Å². The Hall–Kier alpha value is -0.780. The van der Waals surface area contributed by atoms with Gasteiger partial charge in [0.05, 0.1) is 26.4 Å². The number of nitrogens with two attached hydrogens (primary N) is 1. The Kier molecular flexibility index (Phi) is 8.85. The quantitative estimate of drug-likeness (QED) is 0.442. The van der Waals surface area contributed by atoms with Crippen LogP contribution in [0.4, 0.5) is 0 Å². The molecule has 0 aliphatic carbocycles. The monoisotopic (exact) mass is 246 g/mol. The molecule has 0 radical (unpaired) electrons. The van der Waals surface area contributed by atoms with Crippen molar-refractivity contribution in [1.82, 2.24) is 5.32 Å². The number of nitrogens with one attached hydrogen (secondary N) is 1. The topological polar surface area (TPSA) is 65.7 Å². The van der Waals surface area contributed by atoms with Crippen molar-refractivity contribution in [2.24, 2.45) is 5.73 Å². The van der Waals surface area contributed by atoms with Crippen LogP contribution in [0.15, 0.2) is 12.5 Å². The van der Waals surface area contributed by atoms with Gasteiger partial charge in [0, 0.05) is 13.1 Å². The first kappa shape index (κ1) is 16.2. The summed E-state index contributed by atoms with van der Waals surface area (Å²) in [7, 11) is 0. The van der Waals surface area contributed by atoms with Gasteiger partial charge in [-0.1, -0.05) is 0 Å². The number of hydrogen-bond donors (Lipinski definition) is 2. The fourth-order valence-corrected chi connectivity index (χ4v) is 1.07. The van der Waals surface area contributed by atoms with Crippen molar-refractivity contribution in [1.29, 1.82) is 0 Å². The van der Waals surface area contributed by atoms with Crippen LogP contribution in [-0.4, -0.2) is 45.1 Å². The Morgan fingerprint density at radius 2 is 1.71 bits per heavy atom. The SMILES string of the molecule is C=C(NCCOCCOCCN)OC(C)(C)C. The standard InChI is InChI=1S/C12H26N2O3/c1-11(17-12(2,3)4)14-6-8-16-10-9-15-7-5-13/h14H,1,5-10,13H2,2-4H3. The normalized spacial score (nSPS) is 11.3. The van der Waals surface area contributed by atoms with E-state index in [2.05, 4.69) is 11.9 Å². The fraction of sp³-hybridized carbons (Fsp3) is 0.833. The van der Waals surface area contributed by atoms with Crippen molar-refractivity contribution >= 4 is 0 Å². The maximum absolute atomic E-state index is 5.50. The zero-order valence-electron chi connectivity index (χ0n) is 11.3. The molecule has 0 aromatic heterocycles. The molecule has 0 fully saturated rings. The van der Waals surface area contributed by atoms with E-state index in [0.29, 0.717) is 45.4 Å². The highest BCUT2D eigenvalue weighted by Gasteiger charge is 2.11. The Balaban J connectivity index is 3.25. The van der Waals surface area contributed by atoms with Crippen LogP contribution in [0.25, 0.3) is 0 Å². The minimum absolute atomic E-state index is 0.221. The Morgan fingerprint density at radius 3 is 2.24 bits per heavy atom. The minimum atomic E-state index is -0.221. The predicted octanol–water partition coefficient (Wildman–Crippen LogP) is 0.854. The van der Waals surface area contributed by atoms with E-state index < -0.39 is 0 Å². The summed E-state index contributed by atoms with van der Waals surface area (Å²) in [5, 5.41) is 3.04. The van der Waals surface area contributed by atoms with Crippen molar-refractivity contribution in [3.63, 3.8) is 0 Å². The van der Waals surface area contributed by atoms with Crippen molar-refractivity contribution in [2.45, 2.75) is 26.4 Å². The molecule has 5 nitrogen and oxygen atoms in total. The maximum Gasteiger partial charge on any atom is 0.179 e. The van der Waals surface area contributed by atoms with Crippen LogP contribution < -0.4 is 11.1 Å². The van der Waals surface area contributed by atoms with E-state index >= 15 is 0 Å². The van der Waals surface area contributed by atoms with Gasteiger partial charge in [-0.3, -0.25) is 0 Å². The van der Waals surface area contributed by atoms with Gasteiger partial charge >= 0.3 is 0 Å². The van der Waals surface area contributed by atoms with E-state index in [0.717, 1.165) is 0 Å². The van der Waals surface area contributed by atoms with Crippen molar-refractivity contribution in [2.75, 3.05) is 39.5 Å². The fourth-order valence-electron chi connectivity index (χ4n) is 1.07. The van der Waals surface area contributed by atoms with Gasteiger partial charge in [0.2, 0.25) is 0 Å². The van der Waals surface area contributed by atoms with E-state index in [-0.39, 0.29) is 5.60 Å². The smallest absolute Gasteiger partial charge is 0.179 e. The molecule has 0 unspecified atom stereocenters. The van der Waals surface area contributed by atoms with Gasteiger partial charge in [0.25, 0.3) is 0 Å². The Bertz CT molecular complexity index is 202. The maximum atomic E-state index is 5.50. The van der Waals surface area contributed by atoms with E-state index in [1.54, 1.807) is 0 Å². The lowest BCUT2D eigenvalue weighted by atomic mass is 10.2. The van der Waals surface area contributed by atoms with Gasteiger partial charge in [-0.25, -0.2) is 0 Å². The molecule has 5 heteroatoms. The lowest BCUT2D eigenvalue weighted by molar-refractivity contribution is 0.0323. The van der Waals surface area contributed by atoms with Gasteiger partial charge < -0.3 is 25.3 Å². The zero-order valence-corrected chi connectivity index (χ0v) is 11.3. The molecule has 0 amide bonds. The third kappa shape index (κ3) is 13.2. The average molecular weight is 246 g/mol. The molecular weight excluding hydrogens is 220 g/mol. The highest BCUT2D eigenvalue weighted by molar-refractivity contribution is 4.82. The number of rotatable bonds is 10. The summed E-state index contributed by atoms with van der Waals surface area (Å²) in [5.74, 6) is 0.570. The van der Waals surface area contributed by atoms with E-state index in [9.17, 15) is 0 Å². The summed E-state index contributed by atoms with van der Waals surface area (Å²) in [6.07, 6.45) is 0. The summed E-state index contributed by atoms with van der Waals surface area (Å²) < 4.78 is 16.0. The van der Waals surface area contributed by atoms with E-state index in [1.165, 1.54) is 0 Å². The summed E-state index contributed by atoms with van der Waals surface area (Å²) >= 11 is 0. The molecule has 0 bridgehead atoms. The third-order valence-electron chi connectivity index (χ3n) is 1.63. The zero-order chi connectivity index (χ0) is 13.1. The first-order valence-corrected chi connectivity index (χ1v) is 5.93. The predicted molar refractivity (Wildman–Crippen MR) is 68.7 cm³/mol. The van der Waals surface area contributed by atoms with Gasteiger partial charge in [0.15, 0.2) is 5.88 Å². The molecule has 0 rings (SSSR count). The van der Waals surface area contributed by atoms with Crippen LogP contribution >= 0.6 is 0 Å². The molecular formula is C12H26N2O3. The minimum Gasteiger partial charge on any atom is -0.474 e. The second kappa shape index (κ2) is 9.27. The second-order valence-electron chi connectivity index (χ2n) is 4.58. The van der Waals surface area contributed by atoms with E-state index in [1.807, 2.05) is 20.8 Å². The molecule has 0 aliphatic heterocycles. The summed E-state index contributed by atoms with van der Waals surface area (Å²) in [6.45, 7) is 13.3. The van der Waals surface area contributed by atoms with Crippen LogP contribution in [0.5, 0.6) is 0 Å². The van der Waals surface area contributed by atoms with E-state index in [4.69, 9.17) is 19.9 Å². The summed E-state index contributed by atoms with van der Waals surface area (Å²) in [5.41, 5.74) is 5.05. The molecule has 0 saturated heterocycles. The van der Waals surface area contributed by atoms with Crippen molar-refractivity contribution in [3.05, 3.63) is 12.5 Å². The van der Waals surface area contributed by atoms with Gasteiger partial charge in [-0.15, -0.1) is 0 Å². The molecule has 0 aliphatic rings.